The molecule has 466 valence electrons. The zero-order chi connectivity index (χ0) is 67.4. The minimum Gasteiger partial charge on any atom is -0.324 e. The molecule has 2 N–H and O–H groups in total. The summed E-state index contributed by atoms with van der Waals surface area (Å²) in [6, 6.07) is 41.6. The molecule has 32 heteroatoms. The van der Waals surface area contributed by atoms with Gasteiger partial charge in [-0.05, 0) is 142 Å². The van der Waals surface area contributed by atoms with E-state index in [9.17, 15) is 80.9 Å². The molecule has 0 saturated heterocycles. The van der Waals surface area contributed by atoms with E-state index >= 15 is 0 Å². The van der Waals surface area contributed by atoms with Gasteiger partial charge in [0.2, 0.25) is 0 Å². The molecule has 5 heterocycles. The lowest BCUT2D eigenvalue weighted by Crippen LogP contribution is -1.96. The van der Waals surface area contributed by atoms with Gasteiger partial charge in [-0.15, -0.1) is 0 Å². The summed E-state index contributed by atoms with van der Waals surface area (Å²) in [5.41, 5.74) is -0.788. The van der Waals surface area contributed by atoms with E-state index in [1.165, 1.54) is 194 Å². The summed E-state index contributed by atoms with van der Waals surface area (Å²) in [6.45, 7) is 0. The van der Waals surface area contributed by atoms with Gasteiger partial charge in [0.05, 0.1) is 39.4 Å². The van der Waals surface area contributed by atoms with Crippen LogP contribution in [-0.4, -0.2) is 79.3 Å². The minimum atomic E-state index is -0.633. The van der Waals surface area contributed by atoms with Gasteiger partial charge in [-0.25, -0.2) is 29.9 Å². The zero-order valence-corrected chi connectivity index (χ0v) is 48.3. The first-order chi connectivity index (χ1) is 46.2. The molecule has 0 fully saturated rings. The number of H-pyrrole nitrogens is 2. The molecule has 2 aliphatic rings. The van der Waals surface area contributed by atoms with Crippen molar-refractivity contribution in [3.05, 3.63) is 321 Å². The number of rotatable bonds is 16. The van der Waals surface area contributed by atoms with Crippen LogP contribution < -0.4 is 0 Å². The fourth-order valence-corrected chi connectivity index (χ4v) is 11.1. The molecule has 0 saturated carbocycles. The highest BCUT2D eigenvalue weighted by Crippen LogP contribution is 2.46. The number of benzene rings is 8. The quantitative estimate of drug-likeness (QED) is 0.0670. The van der Waals surface area contributed by atoms with Crippen molar-refractivity contribution in [2.75, 3.05) is 0 Å². The first kappa shape index (κ1) is 60.2. The number of non-ortho nitro benzene ring substituents is 8. The number of fused-ring (bicyclic) bond motifs is 8. The van der Waals surface area contributed by atoms with Crippen LogP contribution in [0.25, 0.3) is 89.4 Å². The first-order valence-corrected chi connectivity index (χ1v) is 28.0. The molecule has 8 bridgehead atoms. The van der Waals surface area contributed by atoms with Crippen LogP contribution >= 0.6 is 0 Å². The van der Waals surface area contributed by atoms with Crippen molar-refractivity contribution in [3.63, 3.8) is 0 Å². The number of nitro benzene ring substituents is 8. The molecule has 11 aromatic rings. The third kappa shape index (κ3) is 11.1. The Morgan fingerprint density at radius 3 is 0.469 bits per heavy atom. The van der Waals surface area contributed by atoms with Crippen molar-refractivity contribution in [2.45, 2.75) is 0 Å². The normalized spacial score (nSPS) is 11.9. The van der Waals surface area contributed by atoms with Crippen LogP contribution in [0.5, 0.6) is 0 Å². The first-order valence-electron chi connectivity index (χ1n) is 28.0. The number of hydrogen-bond donors (Lipinski definition) is 2. The van der Waals surface area contributed by atoms with Gasteiger partial charge in [-0.1, -0.05) is 0 Å². The van der Waals surface area contributed by atoms with E-state index in [2.05, 4.69) is 9.97 Å². The Morgan fingerprint density at radius 2 is 0.333 bits per heavy atom. The maximum Gasteiger partial charge on any atom is 0.269 e. The summed E-state index contributed by atoms with van der Waals surface area (Å²) < 4.78 is 0. The molecular weight excluding hydrogens is 1250 g/mol. The smallest absolute Gasteiger partial charge is 0.269 e. The zero-order valence-electron chi connectivity index (χ0n) is 48.3. The lowest BCUT2D eigenvalue weighted by atomic mass is 9.94. The molecule has 0 atom stereocenters. The monoisotopic (exact) mass is 1280 g/mol. The lowest BCUT2D eigenvalue weighted by molar-refractivity contribution is -0.385. The van der Waals surface area contributed by atoms with Gasteiger partial charge in [0.15, 0.2) is 23.3 Å². The molecule has 2 aliphatic heterocycles. The van der Waals surface area contributed by atoms with Crippen molar-refractivity contribution in [1.82, 2.24) is 39.9 Å². The Labute approximate surface area is 532 Å². The van der Waals surface area contributed by atoms with Gasteiger partial charge < -0.3 is 9.97 Å². The molecule has 0 amide bonds. The van der Waals surface area contributed by atoms with Crippen LogP contribution in [0.1, 0.15) is 45.6 Å². The molecule has 0 unspecified atom stereocenters. The van der Waals surface area contributed by atoms with Gasteiger partial charge in [0, 0.05) is 142 Å². The second kappa shape index (κ2) is 23.9. The molecule has 8 aromatic carbocycles. The molecular formula is C64H34N16O16. The average molecular weight is 1280 g/mol. The molecule has 3 aromatic heterocycles. The van der Waals surface area contributed by atoms with E-state index in [0.717, 1.165) is 0 Å². The molecule has 32 nitrogen and oxygen atoms in total. The molecule has 13 rings (SSSR count). The summed E-state index contributed by atoms with van der Waals surface area (Å²) >= 11 is 0. The van der Waals surface area contributed by atoms with Gasteiger partial charge in [-0.3, -0.25) is 80.9 Å². The minimum absolute atomic E-state index is 0.0838. The Hall–Kier alpha value is -14.7. The number of nitrogens with one attached hydrogen (secondary N) is 2. The van der Waals surface area contributed by atoms with E-state index in [1.807, 2.05) is 0 Å². The average Bonchev–Trinajstić information content (AvgIpc) is 1.59. The standard InChI is InChI=1S/C64H34N16O16/c81-73(82)41-17-1-33(2-18-41)49-50(34-3-19-42(20-4-34)74(83)84)58-65-57(49)69-59-51(35-5-21-43(22-6-35)75(85)86)52(36-7-23-44(24-8-36)76(87)88)61(66-59)71-63-55(39-13-29-47(30-14-39)79(93)94)56(40-15-31-48(32-16-40)80(95)96)64(68-63)72-62-54(38-11-27-46(28-12-38)78(91)92)53(60(67-62)70-58)37-9-25-45(26-10-37)77(89)90/h1-32H,(H2,65,66,67,68,69,70,71,72). The van der Waals surface area contributed by atoms with E-state index in [0.29, 0.717) is 0 Å². The van der Waals surface area contributed by atoms with Crippen molar-refractivity contribution in [1.29, 1.82) is 0 Å². The van der Waals surface area contributed by atoms with E-state index in [1.54, 1.807) is 0 Å². The number of nitro groups is 8. The van der Waals surface area contributed by atoms with Crippen molar-refractivity contribution in [3.8, 4) is 44.5 Å². The number of aromatic nitrogens is 8. The van der Waals surface area contributed by atoms with Gasteiger partial charge in [0.25, 0.3) is 45.5 Å². The molecule has 0 aliphatic carbocycles. The summed E-state index contributed by atoms with van der Waals surface area (Å²) in [7, 11) is 0. The summed E-state index contributed by atoms with van der Waals surface area (Å²) in [6.07, 6.45) is 0. The number of nitrogens with zero attached hydrogens (tertiary/aromatic N) is 14. The predicted octanol–water partition coefficient (Wildman–Crippen LogP) is 13.8. The third-order valence-electron chi connectivity index (χ3n) is 15.5. The van der Waals surface area contributed by atoms with Crippen LogP contribution in [0.15, 0.2) is 194 Å². The van der Waals surface area contributed by atoms with Crippen LogP contribution in [0.3, 0.4) is 0 Å². The fourth-order valence-electron chi connectivity index (χ4n) is 11.1. The van der Waals surface area contributed by atoms with Crippen molar-refractivity contribution < 1.29 is 39.4 Å². The van der Waals surface area contributed by atoms with E-state index in [4.69, 9.17) is 29.9 Å². The van der Waals surface area contributed by atoms with E-state index in [-0.39, 0.29) is 180 Å². The Kier molecular flexibility index (Phi) is 15.0. The fraction of sp³-hybridized carbons (Fsp3) is 0. The Bertz CT molecular complexity index is 4770. The highest BCUT2D eigenvalue weighted by molar-refractivity contribution is 6.09. The topological polar surface area (TPSA) is 454 Å². The van der Waals surface area contributed by atoms with Crippen LogP contribution in [-0.2, 0) is 0 Å². The second-order valence-electron chi connectivity index (χ2n) is 21.0. The molecule has 0 spiro atoms. The Balaban J connectivity index is 1.29. The summed E-state index contributed by atoms with van der Waals surface area (Å²) in [5.74, 6) is -0.893. The number of aromatic amines is 2. The van der Waals surface area contributed by atoms with Gasteiger partial charge in [-0.2, -0.15) is 0 Å². The van der Waals surface area contributed by atoms with Gasteiger partial charge in [0.1, 0.15) is 22.6 Å². The maximum absolute atomic E-state index is 12.2. The molecule has 0 radical (unpaired) electrons. The van der Waals surface area contributed by atoms with Gasteiger partial charge >= 0.3 is 0 Å². The maximum atomic E-state index is 12.2. The van der Waals surface area contributed by atoms with Crippen LogP contribution in [0.4, 0.5) is 45.5 Å². The summed E-state index contributed by atoms with van der Waals surface area (Å²) in [5, 5.41) is 97.9. The highest BCUT2D eigenvalue weighted by atomic mass is 16.7. The second-order valence-corrected chi connectivity index (χ2v) is 21.0. The largest absolute Gasteiger partial charge is 0.324 e. The third-order valence-corrected chi connectivity index (χ3v) is 15.5. The Morgan fingerprint density at radius 1 is 0.198 bits per heavy atom. The summed E-state index contributed by atoms with van der Waals surface area (Å²) in [4.78, 5) is 131. The molecule has 96 heavy (non-hydrogen) atoms. The van der Waals surface area contributed by atoms with Crippen molar-refractivity contribution >= 4 is 90.4 Å². The van der Waals surface area contributed by atoms with Crippen molar-refractivity contribution in [2.24, 2.45) is 0 Å². The predicted molar refractivity (Wildman–Crippen MR) is 343 cm³/mol. The van der Waals surface area contributed by atoms with E-state index < -0.39 is 39.4 Å². The van der Waals surface area contributed by atoms with Crippen LogP contribution in [0, 0.1) is 80.9 Å². The SMILES string of the molecule is O=[N+]([O-])c1ccc(C2=C(c3ccc([N+](=O)[O-])cc3)c3nc2nc2[nH]c(nc4nc(nc5[nH]c(n3)c(-c3ccc([N+](=O)[O-])cc3)c5-c3ccc([N+](=O)[O-])cc3)C(c3ccc([N+](=O)[O-])cc3)=C4c3ccc([N+](=O)[O-])cc3)c(-c3ccc([N+](=O)[O-])cc3)c2-c2ccc([N+](=O)[O-])cc2)cc1. The highest BCUT2D eigenvalue weighted by Gasteiger charge is 2.32. The number of hydrogen-bond acceptors (Lipinski definition) is 22. The van der Waals surface area contributed by atoms with Crippen LogP contribution in [0.2, 0.25) is 0 Å². The lowest BCUT2D eigenvalue weighted by Gasteiger charge is -2.09.